The molecule has 0 unspecified atom stereocenters. The van der Waals surface area contributed by atoms with Crippen molar-refractivity contribution in [2.45, 2.75) is 39.3 Å². The monoisotopic (exact) mass is 297 g/mol. The zero-order valence-corrected chi connectivity index (χ0v) is 13.0. The highest BCUT2D eigenvalue weighted by molar-refractivity contribution is 6.06. The fourth-order valence-electron chi connectivity index (χ4n) is 2.91. The van der Waals surface area contributed by atoms with Crippen molar-refractivity contribution in [2.24, 2.45) is 0 Å². The van der Waals surface area contributed by atoms with E-state index in [2.05, 4.69) is 5.10 Å². The number of carbonyl (C=O) groups is 1. The Morgan fingerprint density at radius 2 is 1.95 bits per heavy atom. The largest absolute Gasteiger partial charge is 0.304 e. The summed E-state index contributed by atoms with van der Waals surface area (Å²) in [7, 11) is 0. The second-order valence-corrected chi connectivity index (χ2v) is 5.95. The molecule has 1 aromatic heterocycles. The van der Waals surface area contributed by atoms with Gasteiger partial charge in [0.25, 0.3) is 11.5 Å². The Morgan fingerprint density at radius 1 is 1.23 bits per heavy atom. The number of benzene rings is 1. The van der Waals surface area contributed by atoms with E-state index < -0.39 is 0 Å². The molecule has 1 atom stereocenters. The number of carbonyl (C=O) groups excluding carboxylic acids is 1. The highest BCUT2D eigenvalue weighted by Crippen LogP contribution is 2.32. The van der Waals surface area contributed by atoms with Gasteiger partial charge in [-0.25, -0.2) is 4.68 Å². The molecule has 0 saturated carbocycles. The van der Waals surface area contributed by atoms with Crippen LogP contribution >= 0.6 is 0 Å². The number of hydrogen-bond donors (Lipinski definition) is 0. The van der Waals surface area contributed by atoms with Gasteiger partial charge >= 0.3 is 0 Å². The number of aromatic nitrogens is 2. The number of fused-ring (bicyclic) bond motifs is 1. The standard InChI is InChI=1S/C17H19N3O2/c1-11(2)20-16(21)9-8-14(18-20)17(22)19-12(3)10-13-6-4-5-7-15(13)19/h4-9,11-12H,10H2,1-3H3/t12-/m1/s1. The van der Waals surface area contributed by atoms with Crippen LogP contribution < -0.4 is 10.5 Å². The number of para-hydroxylation sites is 1. The Labute approximate surface area is 129 Å². The SMILES string of the molecule is CC(C)n1nc(C(=O)N2c3ccccc3C[C@H]2C)ccc1=O. The van der Waals surface area contributed by atoms with Crippen LogP contribution in [0.3, 0.4) is 0 Å². The van der Waals surface area contributed by atoms with Crippen LogP contribution in [0.25, 0.3) is 0 Å². The third-order valence-electron chi connectivity index (χ3n) is 3.96. The van der Waals surface area contributed by atoms with Crippen molar-refractivity contribution in [3.8, 4) is 0 Å². The normalized spacial score (nSPS) is 16.9. The van der Waals surface area contributed by atoms with Gasteiger partial charge in [0.05, 0.1) is 6.04 Å². The molecule has 1 aliphatic heterocycles. The molecular formula is C17H19N3O2. The molecule has 0 spiro atoms. The molecule has 3 rings (SSSR count). The summed E-state index contributed by atoms with van der Waals surface area (Å²) in [6, 6.07) is 10.8. The maximum Gasteiger partial charge on any atom is 0.278 e. The number of nitrogens with zero attached hydrogens (tertiary/aromatic N) is 3. The van der Waals surface area contributed by atoms with Gasteiger partial charge in [0.2, 0.25) is 0 Å². The highest BCUT2D eigenvalue weighted by Gasteiger charge is 2.32. The first-order chi connectivity index (χ1) is 10.5. The number of amides is 1. The van der Waals surface area contributed by atoms with Gasteiger partial charge in [-0.05, 0) is 44.9 Å². The minimum atomic E-state index is -0.193. The minimum Gasteiger partial charge on any atom is -0.304 e. The summed E-state index contributed by atoms with van der Waals surface area (Å²) in [6.45, 7) is 5.77. The molecule has 1 aromatic carbocycles. The Kier molecular flexibility index (Phi) is 3.56. The molecule has 0 fully saturated rings. The maximum atomic E-state index is 12.9. The molecule has 2 heterocycles. The fourth-order valence-corrected chi connectivity index (χ4v) is 2.91. The van der Waals surface area contributed by atoms with Crippen molar-refractivity contribution in [3.63, 3.8) is 0 Å². The van der Waals surface area contributed by atoms with E-state index in [0.717, 1.165) is 12.1 Å². The highest BCUT2D eigenvalue weighted by atomic mass is 16.2. The van der Waals surface area contributed by atoms with Gasteiger partial charge in [0, 0.05) is 17.8 Å². The van der Waals surface area contributed by atoms with Crippen LogP contribution in [-0.4, -0.2) is 21.7 Å². The van der Waals surface area contributed by atoms with Gasteiger partial charge in [-0.3, -0.25) is 9.59 Å². The first kappa shape index (κ1) is 14.5. The Bertz CT molecular complexity index is 779. The van der Waals surface area contributed by atoms with Crippen molar-refractivity contribution >= 4 is 11.6 Å². The first-order valence-corrected chi connectivity index (χ1v) is 7.50. The summed E-state index contributed by atoms with van der Waals surface area (Å²) < 4.78 is 1.35. The van der Waals surface area contributed by atoms with E-state index in [4.69, 9.17) is 0 Å². The fraction of sp³-hybridized carbons (Fsp3) is 0.353. The van der Waals surface area contributed by atoms with Crippen LogP contribution in [-0.2, 0) is 6.42 Å². The lowest BCUT2D eigenvalue weighted by molar-refractivity contribution is 0.0974. The van der Waals surface area contributed by atoms with Crippen molar-refractivity contribution in [2.75, 3.05) is 4.90 Å². The first-order valence-electron chi connectivity index (χ1n) is 7.50. The molecule has 0 bridgehead atoms. The van der Waals surface area contributed by atoms with Crippen LogP contribution in [0.2, 0.25) is 0 Å². The Hall–Kier alpha value is -2.43. The van der Waals surface area contributed by atoms with E-state index in [-0.39, 0.29) is 23.6 Å². The molecule has 0 aliphatic carbocycles. The molecule has 5 nitrogen and oxygen atoms in total. The zero-order valence-electron chi connectivity index (χ0n) is 13.0. The summed E-state index contributed by atoms with van der Waals surface area (Å²) in [5.41, 5.74) is 2.21. The number of hydrogen-bond acceptors (Lipinski definition) is 3. The Balaban J connectivity index is 2.02. The van der Waals surface area contributed by atoms with Crippen LogP contribution in [0.5, 0.6) is 0 Å². The Morgan fingerprint density at radius 3 is 2.68 bits per heavy atom. The van der Waals surface area contributed by atoms with E-state index in [1.807, 2.05) is 45.0 Å². The molecule has 0 N–H and O–H groups in total. The molecular weight excluding hydrogens is 278 g/mol. The van der Waals surface area contributed by atoms with Crippen molar-refractivity contribution < 1.29 is 4.79 Å². The summed E-state index contributed by atoms with van der Waals surface area (Å²) in [5.74, 6) is -0.160. The predicted molar refractivity (Wildman–Crippen MR) is 85.3 cm³/mol. The second-order valence-electron chi connectivity index (χ2n) is 5.95. The van der Waals surface area contributed by atoms with Gasteiger partial charge in [-0.1, -0.05) is 18.2 Å². The number of anilines is 1. The minimum absolute atomic E-state index is 0.0801. The predicted octanol–water partition coefficient (Wildman–Crippen LogP) is 2.42. The summed E-state index contributed by atoms with van der Waals surface area (Å²) in [5, 5.41) is 4.24. The van der Waals surface area contributed by atoms with Crippen LogP contribution in [0.1, 0.15) is 42.9 Å². The molecule has 0 saturated heterocycles. The molecule has 1 amide bonds. The molecule has 5 heteroatoms. The van der Waals surface area contributed by atoms with E-state index in [1.165, 1.54) is 22.4 Å². The molecule has 22 heavy (non-hydrogen) atoms. The summed E-state index contributed by atoms with van der Waals surface area (Å²) in [6.07, 6.45) is 0.839. The lowest BCUT2D eigenvalue weighted by atomic mass is 10.1. The molecule has 1 aliphatic rings. The van der Waals surface area contributed by atoms with E-state index in [9.17, 15) is 9.59 Å². The van der Waals surface area contributed by atoms with Crippen molar-refractivity contribution in [1.82, 2.24) is 9.78 Å². The average Bonchev–Trinajstić information content (AvgIpc) is 2.82. The maximum absolute atomic E-state index is 12.9. The van der Waals surface area contributed by atoms with Gasteiger partial charge in [0.15, 0.2) is 0 Å². The lowest BCUT2D eigenvalue weighted by Gasteiger charge is -2.22. The molecule has 2 aromatic rings. The molecule has 0 radical (unpaired) electrons. The zero-order chi connectivity index (χ0) is 15.9. The third kappa shape index (κ3) is 2.32. The summed E-state index contributed by atoms with van der Waals surface area (Å²) >= 11 is 0. The van der Waals surface area contributed by atoms with E-state index in [0.29, 0.717) is 5.69 Å². The third-order valence-corrected chi connectivity index (χ3v) is 3.96. The average molecular weight is 297 g/mol. The quantitative estimate of drug-likeness (QED) is 0.855. The van der Waals surface area contributed by atoms with Gasteiger partial charge in [0.1, 0.15) is 5.69 Å². The second kappa shape index (κ2) is 5.40. The lowest BCUT2D eigenvalue weighted by Crippen LogP contribution is -2.37. The molecule has 114 valence electrons. The summed E-state index contributed by atoms with van der Waals surface area (Å²) in [4.78, 5) is 26.4. The van der Waals surface area contributed by atoms with Crippen molar-refractivity contribution in [3.05, 3.63) is 58.0 Å². The van der Waals surface area contributed by atoms with E-state index in [1.54, 1.807) is 4.90 Å². The van der Waals surface area contributed by atoms with Gasteiger partial charge < -0.3 is 4.90 Å². The smallest absolute Gasteiger partial charge is 0.278 e. The number of rotatable bonds is 2. The van der Waals surface area contributed by atoms with Crippen LogP contribution in [0.15, 0.2) is 41.2 Å². The van der Waals surface area contributed by atoms with E-state index >= 15 is 0 Å². The van der Waals surface area contributed by atoms with Crippen LogP contribution in [0, 0.1) is 0 Å². The van der Waals surface area contributed by atoms with Crippen molar-refractivity contribution in [1.29, 1.82) is 0 Å². The van der Waals surface area contributed by atoms with Crippen LogP contribution in [0.4, 0.5) is 5.69 Å². The topological polar surface area (TPSA) is 55.2 Å². The van der Waals surface area contributed by atoms with Gasteiger partial charge in [-0.2, -0.15) is 5.10 Å². The van der Waals surface area contributed by atoms with Gasteiger partial charge in [-0.15, -0.1) is 0 Å².